The molecule has 1 aliphatic carbocycles. The number of aryl methyl sites for hydroxylation is 1. The number of morpholine rings is 1. The smallest absolute Gasteiger partial charge is 0.261 e. The van der Waals surface area contributed by atoms with Crippen molar-refractivity contribution in [2.24, 2.45) is 11.3 Å². The van der Waals surface area contributed by atoms with Crippen LogP contribution in [0.5, 0.6) is 0 Å². The normalized spacial score (nSPS) is 21.4. The predicted molar refractivity (Wildman–Crippen MR) is 108 cm³/mol. The number of hydrogen-bond acceptors (Lipinski definition) is 4. The number of thiophene rings is 1. The van der Waals surface area contributed by atoms with E-state index >= 15 is 0 Å². The molecule has 26 heavy (non-hydrogen) atoms. The number of amides is 1. The summed E-state index contributed by atoms with van der Waals surface area (Å²) in [6, 6.07) is 2.15. The van der Waals surface area contributed by atoms with Crippen LogP contribution in [0.1, 0.15) is 60.1 Å². The van der Waals surface area contributed by atoms with Gasteiger partial charge in [-0.1, -0.05) is 20.8 Å². The fourth-order valence-corrected chi connectivity index (χ4v) is 5.07. The van der Waals surface area contributed by atoms with E-state index in [4.69, 9.17) is 4.74 Å². The van der Waals surface area contributed by atoms with Crippen LogP contribution in [-0.2, 0) is 17.6 Å². The number of ether oxygens (including phenoxy) is 1. The van der Waals surface area contributed by atoms with Gasteiger partial charge in [-0.3, -0.25) is 9.69 Å². The predicted octanol–water partition coefficient (Wildman–Crippen LogP) is 3.74. The Hall–Kier alpha value is -0.910. The first-order valence-corrected chi connectivity index (χ1v) is 10.9. The number of unbranched alkanes of at least 4 members (excludes halogenated alkanes) is 1. The van der Waals surface area contributed by atoms with Crippen LogP contribution in [0, 0.1) is 11.3 Å². The Bertz CT molecular complexity index is 600. The van der Waals surface area contributed by atoms with E-state index in [9.17, 15) is 4.79 Å². The van der Waals surface area contributed by atoms with Crippen molar-refractivity contribution >= 4 is 17.2 Å². The van der Waals surface area contributed by atoms with Crippen LogP contribution in [-0.4, -0.2) is 50.2 Å². The summed E-state index contributed by atoms with van der Waals surface area (Å²) in [6.07, 6.45) is 5.69. The van der Waals surface area contributed by atoms with Gasteiger partial charge in [0.15, 0.2) is 0 Å². The van der Waals surface area contributed by atoms with Gasteiger partial charge in [-0.2, -0.15) is 0 Å². The van der Waals surface area contributed by atoms with Crippen LogP contribution in [0.4, 0.5) is 0 Å². The van der Waals surface area contributed by atoms with Gasteiger partial charge in [0.25, 0.3) is 5.91 Å². The fraction of sp³-hybridized carbons (Fsp3) is 0.762. The van der Waals surface area contributed by atoms with Crippen molar-refractivity contribution in [2.45, 2.75) is 52.9 Å². The van der Waals surface area contributed by atoms with E-state index in [2.05, 4.69) is 37.1 Å². The zero-order valence-electron chi connectivity index (χ0n) is 16.6. The molecule has 0 bridgehead atoms. The first-order chi connectivity index (χ1) is 12.4. The average molecular weight is 379 g/mol. The highest BCUT2D eigenvalue weighted by atomic mass is 32.1. The van der Waals surface area contributed by atoms with E-state index in [-0.39, 0.29) is 5.91 Å². The number of hydrogen-bond donors (Lipinski definition) is 1. The van der Waals surface area contributed by atoms with Gasteiger partial charge in [-0.05, 0) is 61.6 Å². The molecule has 2 aliphatic rings. The fourth-order valence-electron chi connectivity index (χ4n) is 3.95. The molecule has 0 saturated carbocycles. The Morgan fingerprint density at radius 1 is 1.31 bits per heavy atom. The van der Waals surface area contributed by atoms with Crippen LogP contribution >= 0.6 is 11.3 Å². The maximum Gasteiger partial charge on any atom is 0.261 e. The maximum absolute atomic E-state index is 12.5. The van der Waals surface area contributed by atoms with Crippen LogP contribution in [0.2, 0.25) is 0 Å². The summed E-state index contributed by atoms with van der Waals surface area (Å²) >= 11 is 1.71. The summed E-state index contributed by atoms with van der Waals surface area (Å²) < 4.78 is 5.37. The molecule has 1 aromatic rings. The lowest BCUT2D eigenvalue weighted by Gasteiger charge is -2.33. The van der Waals surface area contributed by atoms with Crippen molar-refractivity contribution in [3.05, 3.63) is 21.4 Å². The number of rotatable bonds is 6. The topological polar surface area (TPSA) is 41.6 Å². The standard InChI is InChI=1S/C21H34N2O2S/c1-21(2,3)17-6-7-18-16(14-17)15-19(26-18)20(24)22-8-4-5-9-23-10-12-25-13-11-23/h15,17H,4-14H2,1-3H3,(H,22,24). The van der Waals surface area contributed by atoms with E-state index in [1.54, 1.807) is 11.3 Å². The molecule has 0 spiro atoms. The second kappa shape index (κ2) is 8.85. The summed E-state index contributed by atoms with van der Waals surface area (Å²) in [4.78, 5) is 17.3. The van der Waals surface area contributed by atoms with Crippen molar-refractivity contribution < 1.29 is 9.53 Å². The van der Waals surface area contributed by atoms with Crippen LogP contribution in [0.15, 0.2) is 6.07 Å². The summed E-state index contributed by atoms with van der Waals surface area (Å²) in [5, 5.41) is 3.12. The summed E-state index contributed by atoms with van der Waals surface area (Å²) in [5.41, 5.74) is 1.77. The molecule has 1 saturated heterocycles. The Balaban J connectivity index is 1.41. The molecule has 0 aromatic carbocycles. The molecule has 4 nitrogen and oxygen atoms in total. The van der Waals surface area contributed by atoms with Crippen molar-refractivity contribution in [3.8, 4) is 0 Å². The van der Waals surface area contributed by atoms with Gasteiger partial charge in [-0.25, -0.2) is 0 Å². The monoisotopic (exact) mass is 378 g/mol. The lowest BCUT2D eigenvalue weighted by atomic mass is 9.72. The zero-order valence-corrected chi connectivity index (χ0v) is 17.4. The third-order valence-corrected chi connectivity index (χ3v) is 7.06. The maximum atomic E-state index is 12.5. The molecule has 5 heteroatoms. The number of nitrogens with one attached hydrogen (secondary N) is 1. The summed E-state index contributed by atoms with van der Waals surface area (Å²) in [5.74, 6) is 0.837. The molecule has 1 atom stereocenters. The minimum Gasteiger partial charge on any atom is -0.379 e. The highest BCUT2D eigenvalue weighted by molar-refractivity contribution is 7.14. The Morgan fingerprint density at radius 2 is 2.08 bits per heavy atom. The number of fused-ring (bicyclic) bond motifs is 1. The summed E-state index contributed by atoms with van der Waals surface area (Å²) in [6.45, 7) is 12.7. The van der Waals surface area contributed by atoms with E-state index in [1.165, 1.54) is 16.9 Å². The largest absolute Gasteiger partial charge is 0.379 e. The summed E-state index contributed by atoms with van der Waals surface area (Å²) in [7, 11) is 0. The molecule has 1 aromatic heterocycles. The van der Waals surface area contributed by atoms with E-state index in [0.717, 1.165) is 75.9 Å². The van der Waals surface area contributed by atoms with Gasteiger partial charge < -0.3 is 10.1 Å². The van der Waals surface area contributed by atoms with Gasteiger partial charge in [0.1, 0.15) is 0 Å². The van der Waals surface area contributed by atoms with Crippen LogP contribution < -0.4 is 5.32 Å². The highest BCUT2D eigenvalue weighted by Gasteiger charge is 2.30. The third kappa shape index (κ3) is 5.30. The molecule has 2 heterocycles. The number of carbonyl (C=O) groups is 1. The Labute approximate surface area is 162 Å². The molecular weight excluding hydrogens is 344 g/mol. The zero-order chi connectivity index (χ0) is 18.6. The quantitative estimate of drug-likeness (QED) is 0.767. The van der Waals surface area contributed by atoms with E-state index in [0.29, 0.717) is 5.41 Å². The van der Waals surface area contributed by atoms with Crippen LogP contribution in [0.3, 0.4) is 0 Å². The lowest BCUT2D eigenvalue weighted by molar-refractivity contribution is 0.0372. The second-order valence-corrected chi connectivity index (χ2v) is 9.92. The molecule has 0 radical (unpaired) electrons. The highest BCUT2D eigenvalue weighted by Crippen LogP contribution is 2.40. The van der Waals surface area contributed by atoms with Crippen molar-refractivity contribution in [2.75, 3.05) is 39.4 Å². The molecule has 1 amide bonds. The number of carbonyl (C=O) groups excluding carboxylic acids is 1. The minimum atomic E-state index is 0.114. The molecule has 1 N–H and O–H groups in total. The molecule has 1 unspecified atom stereocenters. The molecular formula is C21H34N2O2S. The first-order valence-electron chi connectivity index (χ1n) is 10.1. The van der Waals surface area contributed by atoms with Gasteiger partial charge in [0.2, 0.25) is 0 Å². The molecule has 146 valence electrons. The van der Waals surface area contributed by atoms with E-state index < -0.39 is 0 Å². The van der Waals surface area contributed by atoms with Crippen molar-refractivity contribution in [1.82, 2.24) is 10.2 Å². The lowest BCUT2D eigenvalue weighted by Crippen LogP contribution is -2.37. The Morgan fingerprint density at radius 3 is 2.81 bits per heavy atom. The average Bonchev–Trinajstić information content (AvgIpc) is 3.05. The first kappa shape index (κ1) is 19.8. The number of nitrogens with zero attached hydrogens (tertiary/aromatic N) is 1. The van der Waals surface area contributed by atoms with E-state index in [1.807, 2.05) is 0 Å². The van der Waals surface area contributed by atoms with Gasteiger partial charge in [0.05, 0.1) is 18.1 Å². The van der Waals surface area contributed by atoms with Crippen molar-refractivity contribution in [3.63, 3.8) is 0 Å². The van der Waals surface area contributed by atoms with Gasteiger partial charge in [0, 0.05) is 24.5 Å². The Kier molecular flexibility index (Phi) is 6.76. The second-order valence-electron chi connectivity index (χ2n) is 8.78. The van der Waals surface area contributed by atoms with Crippen LogP contribution in [0.25, 0.3) is 0 Å². The van der Waals surface area contributed by atoms with Gasteiger partial charge in [-0.15, -0.1) is 11.3 Å². The SMILES string of the molecule is CC(C)(C)C1CCc2sc(C(=O)NCCCCN3CCOCC3)cc2C1. The molecule has 3 rings (SSSR count). The molecule has 1 fully saturated rings. The van der Waals surface area contributed by atoms with Gasteiger partial charge >= 0.3 is 0 Å². The third-order valence-electron chi connectivity index (χ3n) is 5.82. The van der Waals surface area contributed by atoms with Crippen molar-refractivity contribution in [1.29, 1.82) is 0 Å². The molecule has 1 aliphatic heterocycles. The minimum absolute atomic E-state index is 0.114.